The van der Waals surface area contributed by atoms with Crippen molar-refractivity contribution in [3.63, 3.8) is 0 Å². The average molecular weight is 673 g/mol. The molecule has 6 aliphatic rings. The van der Waals surface area contributed by atoms with Crippen LogP contribution in [0, 0.1) is 45.3 Å². The van der Waals surface area contributed by atoms with E-state index in [1.807, 2.05) is 34.6 Å². The van der Waals surface area contributed by atoms with E-state index in [9.17, 15) is 19.8 Å². The van der Waals surface area contributed by atoms with Gasteiger partial charge in [-0.1, -0.05) is 34.6 Å². The summed E-state index contributed by atoms with van der Waals surface area (Å²) in [7, 11) is 0. The summed E-state index contributed by atoms with van der Waals surface area (Å²) in [5, 5.41) is 26.5. The van der Waals surface area contributed by atoms with Gasteiger partial charge in [-0.25, -0.2) is 4.79 Å². The summed E-state index contributed by atoms with van der Waals surface area (Å²) in [4.78, 5) is 28.4. The van der Waals surface area contributed by atoms with Crippen molar-refractivity contribution in [3.8, 4) is 0 Å². The molecule has 2 amide bonds. The first kappa shape index (κ1) is 36.4. The first-order valence-electron chi connectivity index (χ1n) is 19.4. The predicted molar refractivity (Wildman–Crippen MR) is 187 cm³/mol. The van der Waals surface area contributed by atoms with Crippen LogP contribution < -0.4 is 5.32 Å². The molecular formula is C40H68N2O6. The van der Waals surface area contributed by atoms with Crippen molar-refractivity contribution < 1.29 is 29.3 Å². The number of nitrogens with zero attached hydrogens (tertiary/aromatic N) is 1. The molecule has 3 N–H and O–H groups in total. The van der Waals surface area contributed by atoms with Crippen molar-refractivity contribution in [1.29, 1.82) is 0 Å². The van der Waals surface area contributed by atoms with Crippen molar-refractivity contribution in [2.45, 2.75) is 188 Å². The Bertz CT molecular complexity index is 1270. The topological polar surface area (TPSA) is 108 Å². The van der Waals surface area contributed by atoms with Crippen molar-refractivity contribution in [3.05, 3.63) is 0 Å². The highest BCUT2D eigenvalue weighted by Crippen LogP contribution is 2.76. The molecule has 0 spiro atoms. The molecule has 8 heteroatoms. The van der Waals surface area contributed by atoms with Gasteiger partial charge in [0.15, 0.2) is 0 Å². The second kappa shape index (κ2) is 11.6. The third-order valence-corrected chi connectivity index (χ3v) is 15.8. The summed E-state index contributed by atoms with van der Waals surface area (Å²) >= 11 is 0. The number of aliphatic hydroxyl groups is 2. The fourth-order valence-corrected chi connectivity index (χ4v) is 13.2. The first-order valence-corrected chi connectivity index (χ1v) is 19.4. The first-order chi connectivity index (χ1) is 22.0. The molecule has 2 heterocycles. The zero-order chi connectivity index (χ0) is 35.5. The number of aliphatic hydroxyl groups excluding tert-OH is 1. The van der Waals surface area contributed by atoms with Gasteiger partial charge < -0.3 is 25.0 Å². The SMILES string of the molecule is CC(C)(C)OC(=O)N1CCC[C@H]1C(=O)N[C@H]1CC[C@]2(C)[C@H]3C[C@@H](O)[C@@H]4[C@@H]([C@]5(C)CC[C@@H](C(C)(C)O)O5)CC[C@@]4(C)[C@]3(C)CC[C@H]2C1(C)C. The van der Waals surface area contributed by atoms with Crippen LogP contribution in [0.2, 0.25) is 0 Å². The van der Waals surface area contributed by atoms with Crippen molar-refractivity contribution in [1.82, 2.24) is 10.2 Å². The second-order valence-corrected chi connectivity index (χ2v) is 20.3. The summed E-state index contributed by atoms with van der Waals surface area (Å²) in [6.45, 7) is 24.4. The molecule has 0 radical (unpaired) electrons. The minimum atomic E-state index is -0.866. The van der Waals surface area contributed by atoms with Gasteiger partial charge in [-0.15, -0.1) is 0 Å². The van der Waals surface area contributed by atoms with Crippen LogP contribution in [0.3, 0.4) is 0 Å². The molecule has 0 aromatic carbocycles. The molecule has 0 aromatic rings. The molecule has 48 heavy (non-hydrogen) atoms. The lowest BCUT2D eigenvalue weighted by Crippen LogP contribution is -2.68. The predicted octanol–water partition coefficient (Wildman–Crippen LogP) is 7.24. The van der Waals surface area contributed by atoms with Crippen LogP contribution in [0.15, 0.2) is 0 Å². The van der Waals surface area contributed by atoms with Gasteiger partial charge in [0.1, 0.15) is 11.6 Å². The molecule has 0 unspecified atom stereocenters. The van der Waals surface area contributed by atoms with E-state index in [1.165, 1.54) is 0 Å². The Labute approximate surface area is 290 Å². The molecule has 12 atom stereocenters. The van der Waals surface area contributed by atoms with Gasteiger partial charge in [-0.2, -0.15) is 0 Å². The van der Waals surface area contributed by atoms with Crippen LogP contribution >= 0.6 is 0 Å². The van der Waals surface area contributed by atoms with E-state index >= 15 is 0 Å². The summed E-state index contributed by atoms with van der Waals surface area (Å²) in [5.74, 6) is 1.24. The highest BCUT2D eigenvalue weighted by atomic mass is 16.6. The van der Waals surface area contributed by atoms with E-state index in [2.05, 4.69) is 46.9 Å². The largest absolute Gasteiger partial charge is 0.444 e. The van der Waals surface area contributed by atoms with Gasteiger partial charge in [-0.05, 0) is 158 Å². The number of likely N-dealkylation sites (tertiary alicyclic amines) is 1. The summed E-state index contributed by atoms with van der Waals surface area (Å²) in [6, 6.07) is -0.451. The lowest BCUT2D eigenvalue weighted by Gasteiger charge is -2.71. The third kappa shape index (κ3) is 5.56. The molecule has 6 fully saturated rings. The lowest BCUT2D eigenvalue weighted by atomic mass is 9.35. The number of carbonyl (C=O) groups excluding carboxylic acids is 2. The molecule has 2 saturated heterocycles. The molecule has 2 aliphatic heterocycles. The van der Waals surface area contributed by atoms with E-state index < -0.39 is 23.3 Å². The van der Waals surface area contributed by atoms with E-state index in [1.54, 1.807) is 4.90 Å². The highest BCUT2D eigenvalue weighted by molar-refractivity contribution is 5.86. The fourth-order valence-electron chi connectivity index (χ4n) is 13.2. The van der Waals surface area contributed by atoms with Gasteiger partial charge in [0.2, 0.25) is 5.91 Å². The zero-order valence-electron chi connectivity index (χ0n) is 32.1. The van der Waals surface area contributed by atoms with Crippen LogP contribution in [0.4, 0.5) is 4.79 Å². The second-order valence-electron chi connectivity index (χ2n) is 20.3. The molecule has 0 bridgehead atoms. The number of carbonyl (C=O) groups is 2. The van der Waals surface area contributed by atoms with Gasteiger partial charge >= 0.3 is 6.09 Å². The number of rotatable bonds is 4. The zero-order valence-corrected chi connectivity index (χ0v) is 32.1. The molecule has 6 rings (SSSR count). The van der Waals surface area contributed by atoms with Crippen LogP contribution in [0.5, 0.6) is 0 Å². The maximum Gasteiger partial charge on any atom is 0.410 e. The van der Waals surface area contributed by atoms with Crippen LogP contribution in [-0.2, 0) is 14.3 Å². The normalized spacial score (nSPS) is 47.2. The van der Waals surface area contributed by atoms with Gasteiger partial charge in [0.25, 0.3) is 0 Å². The minimum absolute atomic E-state index is 0.00989. The number of fused-ring (bicyclic) bond motifs is 5. The Balaban J connectivity index is 1.20. The fraction of sp³-hybridized carbons (Fsp3) is 0.950. The highest BCUT2D eigenvalue weighted by Gasteiger charge is 2.72. The van der Waals surface area contributed by atoms with E-state index in [0.29, 0.717) is 24.8 Å². The van der Waals surface area contributed by atoms with E-state index in [-0.39, 0.29) is 63.3 Å². The van der Waals surface area contributed by atoms with Gasteiger partial charge in [0.05, 0.1) is 23.4 Å². The van der Waals surface area contributed by atoms with E-state index in [0.717, 1.165) is 64.2 Å². The lowest BCUT2D eigenvalue weighted by molar-refractivity contribution is -0.240. The standard InChI is InChI=1S/C40H68N2O6/c1-34(2,3)48-33(45)42-22-12-13-25(42)32(44)41-29-16-18-37(8)27(35(29,4)5)15-20-38(9)28(37)23-26(43)31-24(14-19-39(31,38)10)40(11)21-17-30(47-40)36(6,7)46/h24-31,43,46H,12-23H2,1-11H3,(H,41,44)/t24-,25-,26+,27-,28+,29-,30-,31-,37-,38+,39+,40-/m0/s1. The van der Waals surface area contributed by atoms with E-state index in [4.69, 9.17) is 9.47 Å². The Morgan fingerprint density at radius 1 is 0.854 bits per heavy atom. The van der Waals surface area contributed by atoms with Gasteiger partial charge in [-0.3, -0.25) is 9.69 Å². The quantitative estimate of drug-likeness (QED) is 0.291. The molecule has 4 aliphatic carbocycles. The maximum absolute atomic E-state index is 13.8. The average Bonchev–Trinajstić information content (AvgIpc) is 3.69. The number of nitrogens with one attached hydrogen (secondary N) is 1. The summed E-state index contributed by atoms with van der Waals surface area (Å²) in [5.41, 5.74) is -1.75. The van der Waals surface area contributed by atoms with Gasteiger partial charge in [0, 0.05) is 12.6 Å². The van der Waals surface area contributed by atoms with Crippen LogP contribution in [0.25, 0.3) is 0 Å². The number of ether oxygens (including phenoxy) is 2. The smallest absolute Gasteiger partial charge is 0.410 e. The molecule has 8 nitrogen and oxygen atoms in total. The van der Waals surface area contributed by atoms with Crippen LogP contribution in [-0.4, -0.2) is 74.8 Å². The molecule has 0 aromatic heterocycles. The monoisotopic (exact) mass is 673 g/mol. The number of hydrogen-bond acceptors (Lipinski definition) is 6. The number of amides is 2. The Hall–Kier alpha value is -1.38. The molecule has 4 saturated carbocycles. The Morgan fingerprint density at radius 3 is 2.15 bits per heavy atom. The molecular weight excluding hydrogens is 604 g/mol. The summed E-state index contributed by atoms with van der Waals surface area (Å²) in [6.07, 6.45) is 9.51. The van der Waals surface area contributed by atoms with Crippen molar-refractivity contribution in [2.75, 3.05) is 6.54 Å². The Kier molecular flexibility index (Phi) is 8.77. The Morgan fingerprint density at radius 2 is 1.52 bits per heavy atom. The molecule has 274 valence electrons. The minimum Gasteiger partial charge on any atom is -0.444 e. The number of hydrogen-bond donors (Lipinski definition) is 3. The third-order valence-electron chi connectivity index (χ3n) is 15.8. The van der Waals surface area contributed by atoms with Crippen molar-refractivity contribution >= 4 is 12.0 Å². The summed E-state index contributed by atoms with van der Waals surface area (Å²) < 4.78 is 12.4. The van der Waals surface area contributed by atoms with Crippen molar-refractivity contribution in [2.24, 2.45) is 45.3 Å². The van der Waals surface area contributed by atoms with Crippen LogP contribution in [0.1, 0.15) is 147 Å². The maximum atomic E-state index is 13.8.